The first-order valence-corrected chi connectivity index (χ1v) is 5.39. The highest BCUT2D eigenvalue weighted by Crippen LogP contribution is 2.10. The Bertz CT molecular complexity index is 422. The molecular weight excluding hydrogens is 254 g/mol. The molecule has 1 aromatic carbocycles. The van der Waals surface area contributed by atoms with Crippen LogP contribution in [0.15, 0.2) is 24.3 Å². The molecule has 2 amide bonds. The maximum atomic E-state index is 11.3. The second-order valence-corrected chi connectivity index (χ2v) is 3.89. The van der Waals surface area contributed by atoms with Crippen molar-refractivity contribution in [3.8, 4) is 0 Å². The number of amides is 2. The summed E-state index contributed by atoms with van der Waals surface area (Å²) in [6.07, 6.45) is 0. The summed E-state index contributed by atoms with van der Waals surface area (Å²) >= 11 is 0. The van der Waals surface area contributed by atoms with Crippen molar-refractivity contribution in [3.63, 3.8) is 0 Å². The van der Waals surface area contributed by atoms with E-state index < -0.39 is 6.04 Å². The molecular formula is C12H18ClN3O2. The summed E-state index contributed by atoms with van der Waals surface area (Å²) in [5, 5.41) is 5.38. The fourth-order valence-corrected chi connectivity index (χ4v) is 1.31. The predicted octanol–water partition coefficient (Wildman–Crippen LogP) is 1.03. The van der Waals surface area contributed by atoms with Gasteiger partial charge in [-0.3, -0.25) is 9.59 Å². The van der Waals surface area contributed by atoms with Crippen LogP contribution in [-0.4, -0.2) is 17.9 Å². The molecule has 0 heterocycles. The fraction of sp³-hybridized carbons (Fsp3) is 0.333. The van der Waals surface area contributed by atoms with Gasteiger partial charge in [0.1, 0.15) is 0 Å². The maximum Gasteiger partial charge on any atom is 0.236 e. The van der Waals surface area contributed by atoms with E-state index in [1.807, 2.05) is 18.2 Å². The zero-order valence-corrected chi connectivity index (χ0v) is 11.2. The van der Waals surface area contributed by atoms with Crippen molar-refractivity contribution in [1.82, 2.24) is 5.32 Å². The van der Waals surface area contributed by atoms with Gasteiger partial charge in [-0.2, -0.15) is 0 Å². The van der Waals surface area contributed by atoms with Crippen LogP contribution >= 0.6 is 12.4 Å². The maximum absolute atomic E-state index is 11.3. The molecule has 0 saturated carbocycles. The van der Waals surface area contributed by atoms with E-state index >= 15 is 0 Å². The van der Waals surface area contributed by atoms with Gasteiger partial charge in [0.15, 0.2) is 0 Å². The Morgan fingerprint density at radius 2 is 2.06 bits per heavy atom. The fourth-order valence-electron chi connectivity index (χ4n) is 1.31. The van der Waals surface area contributed by atoms with Crippen LogP contribution in [0, 0.1) is 0 Å². The summed E-state index contributed by atoms with van der Waals surface area (Å²) in [7, 11) is 0. The highest BCUT2D eigenvalue weighted by molar-refractivity contribution is 5.88. The molecule has 0 aromatic heterocycles. The number of hydrogen-bond donors (Lipinski definition) is 3. The molecule has 0 saturated heterocycles. The molecule has 6 heteroatoms. The SMILES string of the molecule is CC(=O)Nc1cccc(CNC(=O)C(C)N)c1.Cl. The Balaban J connectivity index is 0.00000289. The first-order valence-electron chi connectivity index (χ1n) is 5.39. The Hall–Kier alpha value is -1.59. The summed E-state index contributed by atoms with van der Waals surface area (Å²) in [5.74, 6) is -0.323. The van der Waals surface area contributed by atoms with Gasteiger partial charge < -0.3 is 16.4 Å². The predicted molar refractivity (Wildman–Crippen MR) is 73.5 cm³/mol. The number of benzene rings is 1. The topological polar surface area (TPSA) is 84.2 Å². The first-order chi connectivity index (χ1) is 7.99. The van der Waals surface area contributed by atoms with Gasteiger partial charge in [0.05, 0.1) is 6.04 Å². The normalized spacial score (nSPS) is 11.1. The molecule has 0 aliphatic rings. The van der Waals surface area contributed by atoms with E-state index in [2.05, 4.69) is 10.6 Å². The second-order valence-electron chi connectivity index (χ2n) is 3.89. The Morgan fingerprint density at radius 3 is 2.61 bits per heavy atom. The summed E-state index contributed by atoms with van der Waals surface area (Å²) in [6, 6.07) is 6.76. The molecule has 0 bridgehead atoms. The van der Waals surface area contributed by atoms with Gasteiger partial charge in [-0.05, 0) is 24.6 Å². The highest BCUT2D eigenvalue weighted by atomic mass is 35.5. The molecule has 1 atom stereocenters. The van der Waals surface area contributed by atoms with Gasteiger partial charge in [0, 0.05) is 19.2 Å². The quantitative estimate of drug-likeness (QED) is 0.765. The third-order valence-corrected chi connectivity index (χ3v) is 2.13. The van der Waals surface area contributed by atoms with Crippen molar-refractivity contribution in [1.29, 1.82) is 0 Å². The molecule has 0 radical (unpaired) electrons. The number of nitrogens with two attached hydrogens (primary N) is 1. The van der Waals surface area contributed by atoms with Crippen molar-refractivity contribution in [2.24, 2.45) is 5.73 Å². The number of carbonyl (C=O) groups excluding carboxylic acids is 2. The number of carbonyl (C=O) groups is 2. The lowest BCUT2D eigenvalue weighted by molar-refractivity contribution is -0.122. The molecule has 0 fully saturated rings. The van der Waals surface area contributed by atoms with E-state index in [0.717, 1.165) is 5.56 Å². The first kappa shape index (κ1) is 16.4. The van der Waals surface area contributed by atoms with Gasteiger partial charge in [-0.25, -0.2) is 0 Å². The third-order valence-electron chi connectivity index (χ3n) is 2.13. The molecule has 1 aromatic rings. The smallest absolute Gasteiger partial charge is 0.236 e. The van der Waals surface area contributed by atoms with E-state index in [4.69, 9.17) is 5.73 Å². The van der Waals surface area contributed by atoms with Crippen LogP contribution in [0.4, 0.5) is 5.69 Å². The molecule has 0 aliphatic heterocycles. The molecule has 4 N–H and O–H groups in total. The number of hydrogen-bond acceptors (Lipinski definition) is 3. The average molecular weight is 272 g/mol. The summed E-state index contributed by atoms with van der Waals surface area (Å²) in [4.78, 5) is 22.2. The van der Waals surface area contributed by atoms with E-state index in [0.29, 0.717) is 12.2 Å². The van der Waals surface area contributed by atoms with Crippen LogP contribution in [0.1, 0.15) is 19.4 Å². The minimum atomic E-state index is -0.520. The van der Waals surface area contributed by atoms with Crippen LogP contribution < -0.4 is 16.4 Å². The molecule has 0 aliphatic carbocycles. The minimum absolute atomic E-state index is 0. The number of anilines is 1. The van der Waals surface area contributed by atoms with E-state index in [1.54, 1.807) is 13.0 Å². The average Bonchev–Trinajstić information content (AvgIpc) is 2.25. The van der Waals surface area contributed by atoms with E-state index in [-0.39, 0.29) is 24.2 Å². The van der Waals surface area contributed by atoms with Crippen molar-refractivity contribution in [2.45, 2.75) is 26.4 Å². The van der Waals surface area contributed by atoms with Gasteiger partial charge in [-0.15, -0.1) is 12.4 Å². The lowest BCUT2D eigenvalue weighted by Crippen LogP contribution is -2.37. The molecule has 100 valence electrons. The van der Waals surface area contributed by atoms with Crippen molar-refractivity contribution < 1.29 is 9.59 Å². The van der Waals surface area contributed by atoms with Gasteiger partial charge >= 0.3 is 0 Å². The zero-order chi connectivity index (χ0) is 12.8. The monoisotopic (exact) mass is 271 g/mol. The Labute approximate surface area is 113 Å². The van der Waals surface area contributed by atoms with Crippen molar-refractivity contribution >= 4 is 29.9 Å². The lowest BCUT2D eigenvalue weighted by atomic mass is 10.2. The largest absolute Gasteiger partial charge is 0.351 e. The highest BCUT2D eigenvalue weighted by Gasteiger charge is 2.06. The number of rotatable bonds is 4. The number of halogens is 1. The molecule has 1 unspecified atom stereocenters. The van der Waals surface area contributed by atoms with E-state index in [1.165, 1.54) is 6.92 Å². The number of nitrogens with one attached hydrogen (secondary N) is 2. The summed E-state index contributed by atoms with van der Waals surface area (Å²) in [6.45, 7) is 3.47. The second kappa shape index (κ2) is 7.68. The van der Waals surface area contributed by atoms with Crippen LogP contribution in [-0.2, 0) is 16.1 Å². The summed E-state index contributed by atoms with van der Waals surface area (Å²) in [5.41, 5.74) is 7.05. The van der Waals surface area contributed by atoms with Gasteiger partial charge in [-0.1, -0.05) is 12.1 Å². The van der Waals surface area contributed by atoms with Crippen LogP contribution in [0.3, 0.4) is 0 Å². The molecule has 18 heavy (non-hydrogen) atoms. The zero-order valence-electron chi connectivity index (χ0n) is 10.4. The van der Waals surface area contributed by atoms with Gasteiger partial charge in [0.25, 0.3) is 0 Å². The Morgan fingerprint density at radius 1 is 1.39 bits per heavy atom. The van der Waals surface area contributed by atoms with Crippen LogP contribution in [0.25, 0.3) is 0 Å². The Kier molecular flexibility index (Phi) is 7.00. The van der Waals surface area contributed by atoms with E-state index in [9.17, 15) is 9.59 Å². The van der Waals surface area contributed by atoms with Crippen LogP contribution in [0.5, 0.6) is 0 Å². The minimum Gasteiger partial charge on any atom is -0.351 e. The lowest BCUT2D eigenvalue weighted by Gasteiger charge is -2.09. The molecule has 5 nitrogen and oxygen atoms in total. The van der Waals surface area contributed by atoms with Crippen LogP contribution in [0.2, 0.25) is 0 Å². The van der Waals surface area contributed by atoms with Gasteiger partial charge in [0.2, 0.25) is 11.8 Å². The standard InChI is InChI=1S/C12H17N3O2.ClH/c1-8(13)12(17)14-7-10-4-3-5-11(6-10)15-9(2)16;/h3-6,8H,7,13H2,1-2H3,(H,14,17)(H,15,16);1H. The van der Waals surface area contributed by atoms with Crippen molar-refractivity contribution in [3.05, 3.63) is 29.8 Å². The summed E-state index contributed by atoms with van der Waals surface area (Å²) < 4.78 is 0. The molecule has 1 rings (SSSR count). The molecule has 0 spiro atoms. The third kappa shape index (κ3) is 5.65. The van der Waals surface area contributed by atoms with Crippen molar-refractivity contribution in [2.75, 3.05) is 5.32 Å².